The lowest BCUT2D eigenvalue weighted by Crippen LogP contribution is -2.29. The van der Waals surface area contributed by atoms with E-state index >= 15 is 0 Å². The third-order valence-electron chi connectivity index (χ3n) is 3.79. The lowest BCUT2D eigenvalue weighted by atomic mass is 10.0. The van der Waals surface area contributed by atoms with Crippen molar-refractivity contribution < 1.29 is 9.59 Å². The van der Waals surface area contributed by atoms with Crippen LogP contribution >= 0.6 is 11.3 Å². The van der Waals surface area contributed by atoms with Crippen LogP contribution in [0.4, 0.5) is 5.13 Å². The van der Waals surface area contributed by atoms with Crippen molar-refractivity contribution in [3.63, 3.8) is 0 Å². The van der Waals surface area contributed by atoms with Gasteiger partial charge in [0, 0.05) is 17.9 Å². The molecule has 1 unspecified atom stereocenters. The Balaban J connectivity index is 1.67. The van der Waals surface area contributed by atoms with Crippen molar-refractivity contribution in [3.8, 4) is 11.3 Å². The Morgan fingerprint density at radius 3 is 2.35 bits per heavy atom. The largest absolute Gasteiger partial charge is 0.349 e. The van der Waals surface area contributed by atoms with Crippen LogP contribution in [0.1, 0.15) is 24.9 Å². The van der Waals surface area contributed by atoms with E-state index in [0.717, 1.165) is 16.8 Å². The second-order valence-electron chi connectivity index (χ2n) is 5.82. The molecule has 0 saturated carbocycles. The van der Waals surface area contributed by atoms with Gasteiger partial charge in [-0.15, -0.1) is 11.3 Å². The number of rotatable bonds is 6. The summed E-state index contributed by atoms with van der Waals surface area (Å²) in [4.78, 5) is 28.4. The minimum atomic E-state index is -0.373. The van der Waals surface area contributed by atoms with Crippen LogP contribution in [0.5, 0.6) is 0 Å². The smallest absolute Gasteiger partial charge is 0.228 e. The number of hydrogen-bond acceptors (Lipinski definition) is 4. The number of aromatic nitrogens is 1. The van der Waals surface area contributed by atoms with Crippen molar-refractivity contribution in [2.24, 2.45) is 0 Å². The Labute approximate surface area is 156 Å². The molecule has 2 N–H and O–H groups in total. The van der Waals surface area contributed by atoms with E-state index < -0.39 is 0 Å². The maximum absolute atomic E-state index is 12.4. The number of thiazole rings is 1. The first-order valence-corrected chi connectivity index (χ1v) is 9.12. The number of benzene rings is 2. The van der Waals surface area contributed by atoms with Crippen LogP contribution in [0, 0.1) is 0 Å². The summed E-state index contributed by atoms with van der Waals surface area (Å²) >= 11 is 1.38. The van der Waals surface area contributed by atoms with Crippen molar-refractivity contribution in [3.05, 3.63) is 71.6 Å². The predicted octanol–water partition coefficient (Wildman–Crippen LogP) is 4.02. The van der Waals surface area contributed by atoms with Gasteiger partial charge in [0.05, 0.1) is 18.2 Å². The van der Waals surface area contributed by atoms with Crippen LogP contribution < -0.4 is 10.6 Å². The molecular weight excluding hydrogens is 346 g/mol. The first-order valence-electron chi connectivity index (χ1n) is 8.24. The van der Waals surface area contributed by atoms with E-state index in [0.29, 0.717) is 5.13 Å². The fourth-order valence-corrected chi connectivity index (χ4v) is 3.35. The SMILES string of the molecule is CC(=O)NC(CC(=O)Nc1nc(-c2ccccc2)cs1)c1ccccc1. The molecule has 0 aliphatic carbocycles. The zero-order valence-corrected chi connectivity index (χ0v) is 15.1. The summed E-state index contributed by atoms with van der Waals surface area (Å²) in [7, 11) is 0. The highest BCUT2D eigenvalue weighted by atomic mass is 32.1. The van der Waals surface area contributed by atoms with Gasteiger partial charge in [0.1, 0.15) is 0 Å². The molecule has 1 atom stereocenters. The fourth-order valence-electron chi connectivity index (χ4n) is 2.61. The molecule has 0 aliphatic heterocycles. The van der Waals surface area contributed by atoms with Gasteiger partial charge in [-0.25, -0.2) is 4.98 Å². The molecular formula is C20H19N3O2S. The molecule has 0 bridgehead atoms. The molecule has 1 aromatic heterocycles. The average Bonchev–Trinajstić information content (AvgIpc) is 3.10. The van der Waals surface area contributed by atoms with Crippen LogP contribution in [-0.2, 0) is 9.59 Å². The summed E-state index contributed by atoms with van der Waals surface area (Å²) in [5, 5.41) is 8.10. The Kier molecular flexibility index (Phi) is 5.76. The van der Waals surface area contributed by atoms with Gasteiger partial charge in [0.15, 0.2) is 5.13 Å². The van der Waals surface area contributed by atoms with Crippen molar-refractivity contribution >= 4 is 28.3 Å². The first kappa shape index (κ1) is 17.8. The first-order chi connectivity index (χ1) is 12.6. The van der Waals surface area contributed by atoms with Crippen molar-refractivity contribution in [1.82, 2.24) is 10.3 Å². The van der Waals surface area contributed by atoms with E-state index in [-0.39, 0.29) is 24.3 Å². The molecule has 0 aliphatic rings. The van der Waals surface area contributed by atoms with Gasteiger partial charge in [0.25, 0.3) is 0 Å². The predicted molar refractivity (Wildman–Crippen MR) is 104 cm³/mol. The highest BCUT2D eigenvalue weighted by Crippen LogP contribution is 2.25. The van der Waals surface area contributed by atoms with Crippen molar-refractivity contribution in [2.75, 3.05) is 5.32 Å². The summed E-state index contributed by atoms with van der Waals surface area (Å²) in [6.07, 6.45) is 0.143. The lowest BCUT2D eigenvalue weighted by Gasteiger charge is -2.17. The molecule has 1 heterocycles. The van der Waals surface area contributed by atoms with Crippen LogP contribution in [0.25, 0.3) is 11.3 Å². The van der Waals surface area contributed by atoms with Gasteiger partial charge in [-0.1, -0.05) is 60.7 Å². The molecule has 2 amide bonds. The fraction of sp³-hybridized carbons (Fsp3) is 0.150. The molecule has 0 fully saturated rings. The van der Waals surface area contributed by atoms with E-state index in [4.69, 9.17) is 0 Å². The number of nitrogens with one attached hydrogen (secondary N) is 2. The third-order valence-corrected chi connectivity index (χ3v) is 4.55. The van der Waals surface area contributed by atoms with Gasteiger partial charge >= 0.3 is 0 Å². The zero-order valence-electron chi connectivity index (χ0n) is 14.3. The van der Waals surface area contributed by atoms with E-state index in [2.05, 4.69) is 15.6 Å². The van der Waals surface area contributed by atoms with Crippen LogP contribution in [0.2, 0.25) is 0 Å². The number of nitrogens with zero attached hydrogens (tertiary/aromatic N) is 1. The molecule has 132 valence electrons. The normalized spacial score (nSPS) is 11.6. The second kappa shape index (κ2) is 8.40. The summed E-state index contributed by atoms with van der Waals surface area (Å²) in [6, 6.07) is 18.9. The van der Waals surface area contributed by atoms with E-state index in [1.165, 1.54) is 18.3 Å². The number of carbonyl (C=O) groups excluding carboxylic acids is 2. The lowest BCUT2D eigenvalue weighted by molar-refractivity contribution is -0.120. The molecule has 5 nitrogen and oxygen atoms in total. The summed E-state index contributed by atoms with van der Waals surface area (Å²) < 4.78 is 0. The van der Waals surface area contributed by atoms with Crippen molar-refractivity contribution in [1.29, 1.82) is 0 Å². The molecule has 0 saturated heterocycles. The highest BCUT2D eigenvalue weighted by Gasteiger charge is 2.18. The Bertz CT molecular complexity index is 878. The van der Waals surface area contributed by atoms with Gasteiger partial charge in [-0.05, 0) is 5.56 Å². The van der Waals surface area contributed by atoms with Gasteiger partial charge in [-0.3, -0.25) is 9.59 Å². The molecule has 2 aromatic carbocycles. The molecule has 0 spiro atoms. The topological polar surface area (TPSA) is 71.1 Å². The highest BCUT2D eigenvalue weighted by molar-refractivity contribution is 7.14. The maximum atomic E-state index is 12.4. The quantitative estimate of drug-likeness (QED) is 0.693. The average molecular weight is 365 g/mol. The van der Waals surface area contributed by atoms with Crippen LogP contribution in [-0.4, -0.2) is 16.8 Å². The zero-order chi connectivity index (χ0) is 18.4. The summed E-state index contributed by atoms with van der Waals surface area (Å²) in [5.41, 5.74) is 2.72. The molecule has 26 heavy (non-hydrogen) atoms. The Morgan fingerprint density at radius 1 is 1.04 bits per heavy atom. The maximum Gasteiger partial charge on any atom is 0.228 e. The monoisotopic (exact) mass is 365 g/mol. The van der Waals surface area contributed by atoms with E-state index in [1.54, 1.807) is 0 Å². The second-order valence-corrected chi connectivity index (χ2v) is 6.68. The minimum absolute atomic E-state index is 0.143. The summed E-state index contributed by atoms with van der Waals surface area (Å²) in [6.45, 7) is 1.45. The molecule has 0 radical (unpaired) electrons. The van der Waals surface area contributed by atoms with Gasteiger partial charge in [0.2, 0.25) is 11.8 Å². The molecule has 3 aromatic rings. The molecule has 3 rings (SSSR count). The number of hydrogen-bond donors (Lipinski definition) is 2. The minimum Gasteiger partial charge on any atom is -0.349 e. The third kappa shape index (κ3) is 4.77. The molecule has 6 heteroatoms. The van der Waals surface area contributed by atoms with E-state index in [9.17, 15) is 9.59 Å². The Hall–Kier alpha value is -2.99. The van der Waals surface area contributed by atoms with Crippen LogP contribution in [0.3, 0.4) is 0 Å². The van der Waals surface area contributed by atoms with Crippen molar-refractivity contribution in [2.45, 2.75) is 19.4 Å². The number of carbonyl (C=O) groups is 2. The van der Waals surface area contributed by atoms with Gasteiger partial charge in [-0.2, -0.15) is 0 Å². The number of anilines is 1. The standard InChI is InChI=1S/C20H19N3O2S/c1-14(24)21-17(15-8-4-2-5-9-15)12-19(25)23-20-22-18(13-26-20)16-10-6-3-7-11-16/h2-11,13,17H,12H2,1H3,(H,21,24)(H,22,23,25). The van der Waals surface area contributed by atoms with Crippen LogP contribution in [0.15, 0.2) is 66.0 Å². The van der Waals surface area contributed by atoms with E-state index in [1.807, 2.05) is 66.0 Å². The van der Waals surface area contributed by atoms with Gasteiger partial charge < -0.3 is 10.6 Å². The number of amides is 2. The summed E-state index contributed by atoms with van der Waals surface area (Å²) in [5.74, 6) is -0.367. The Morgan fingerprint density at radius 2 is 1.69 bits per heavy atom.